The third-order valence-electron chi connectivity index (χ3n) is 3.30. The van der Waals surface area contributed by atoms with E-state index in [1.807, 2.05) is 18.2 Å². The topological polar surface area (TPSA) is 60.9 Å². The molecule has 106 valence electrons. The molecule has 3 aromatic rings. The minimum atomic E-state index is -0.522. The number of nitrogens with zero attached hydrogens (tertiary/aromatic N) is 2. The summed E-state index contributed by atoms with van der Waals surface area (Å²) in [5, 5.41) is 0.239. The van der Waals surface area contributed by atoms with Gasteiger partial charge in [0.15, 0.2) is 0 Å². The number of aromatic nitrogens is 2. The fourth-order valence-electron chi connectivity index (χ4n) is 2.32. The molecule has 0 aliphatic carbocycles. The molecule has 0 aliphatic heterocycles. The fraction of sp³-hybridized carbons (Fsp3) is 0.125. The maximum absolute atomic E-state index is 13.9. The van der Waals surface area contributed by atoms with Gasteiger partial charge in [0.2, 0.25) is 0 Å². The second-order valence-corrected chi connectivity index (χ2v) is 4.87. The maximum Gasteiger partial charge on any atom is 0.266 e. The summed E-state index contributed by atoms with van der Waals surface area (Å²) in [6, 6.07) is 12.9. The first kappa shape index (κ1) is 13.5. The van der Waals surface area contributed by atoms with E-state index in [2.05, 4.69) is 4.98 Å². The molecule has 0 saturated heterocycles. The van der Waals surface area contributed by atoms with Crippen LogP contribution in [0, 0.1) is 5.82 Å². The van der Waals surface area contributed by atoms with E-state index in [9.17, 15) is 9.18 Å². The Morgan fingerprint density at radius 2 is 1.86 bits per heavy atom. The van der Waals surface area contributed by atoms with E-state index in [1.54, 1.807) is 25.1 Å². The number of hydrogen-bond donors (Lipinski definition) is 1. The van der Waals surface area contributed by atoms with Gasteiger partial charge in [-0.1, -0.05) is 24.3 Å². The summed E-state index contributed by atoms with van der Waals surface area (Å²) >= 11 is 0. The largest absolute Gasteiger partial charge is 0.322 e. The number of halogens is 1. The third-order valence-corrected chi connectivity index (χ3v) is 3.30. The van der Waals surface area contributed by atoms with Gasteiger partial charge in [-0.2, -0.15) is 0 Å². The molecule has 0 amide bonds. The Morgan fingerprint density at radius 1 is 1.14 bits per heavy atom. The quantitative estimate of drug-likeness (QED) is 0.786. The monoisotopic (exact) mass is 283 g/mol. The molecule has 2 N–H and O–H groups in total. The number of nitrogens with two attached hydrogens (primary N) is 1. The Hall–Kier alpha value is -2.53. The van der Waals surface area contributed by atoms with Crippen LogP contribution in [0.4, 0.5) is 4.39 Å². The van der Waals surface area contributed by atoms with Gasteiger partial charge in [0.1, 0.15) is 17.2 Å². The lowest BCUT2D eigenvalue weighted by Crippen LogP contribution is -2.27. The molecule has 0 radical (unpaired) electrons. The molecular formula is C16H14FN3O. The lowest BCUT2D eigenvalue weighted by Gasteiger charge is -2.16. The molecule has 1 aromatic heterocycles. The highest BCUT2D eigenvalue weighted by Gasteiger charge is 2.17. The zero-order valence-corrected chi connectivity index (χ0v) is 11.5. The van der Waals surface area contributed by atoms with Crippen LogP contribution in [0.3, 0.4) is 0 Å². The Balaban J connectivity index is 2.46. The number of hydrogen-bond acceptors (Lipinski definition) is 3. The first-order valence-corrected chi connectivity index (χ1v) is 6.62. The minimum absolute atomic E-state index is 0.0574. The SMILES string of the molecule is C[C@H](N)c1nc2c(F)cccc2c(=O)n1-c1ccccc1. The first-order valence-electron chi connectivity index (χ1n) is 6.62. The zero-order valence-electron chi connectivity index (χ0n) is 11.5. The lowest BCUT2D eigenvalue weighted by atomic mass is 10.2. The number of benzene rings is 2. The predicted octanol–water partition coefficient (Wildman–Crippen LogP) is 2.54. The molecule has 5 heteroatoms. The van der Waals surface area contributed by atoms with Crippen molar-refractivity contribution in [2.24, 2.45) is 5.73 Å². The van der Waals surface area contributed by atoms with Gasteiger partial charge < -0.3 is 5.73 Å². The second-order valence-electron chi connectivity index (χ2n) is 4.87. The number of para-hydroxylation sites is 2. The van der Waals surface area contributed by atoms with Crippen LogP contribution in [0.15, 0.2) is 53.3 Å². The number of rotatable bonds is 2. The highest BCUT2D eigenvalue weighted by molar-refractivity contribution is 5.78. The molecule has 0 unspecified atom stereocenters. The van der Waals surface area contributed by atoms with Crippen LogP contribution in [0.2, 0.25) is 0 Å². The van der Waals surface area contributed by atoms with E-state index >= 15 is 0 Å². The average Bonchev–Trinajstić information content (AvgIpc) is 2.48. The Labute approximate surface area is 120 Å². The van der Waals surface area contributed by atoms with Crippen molar-refractivity contribution in [3.63, 3.8) is 0 Å². The predicted molar refractivity (Wildman–Crippen MR) is 79.9 cm³/mol. The smallest absolute Gasteiger partial charge is 0.266 e. The van der Waals surface area contributed by atoms with Crippen molar-refractivity contribution in [2.75, 3.05) is 0 Å². The Kier molecular flexibility index (Phi) is 3.27. The van der Waals surface area contributed by atoms with Crippen LogP contribution in [-0.2, 0) is 0 Å². The zero-order chi connectivity index (χ0) is 15.0. The standard InChI is InChI=1S/C16H14FN3O/c1-10(18)15-19-14-12(8-5-9-13(14)17)16(21)20(15)11-6-3-2-4-7-11/h2-10H,18H2,1H3/t10-/m0/s1. The van der Waals surface area contributed by atoms with Gasteiger partial charge in [0, 0.05) is 0 Å². The van der Waals surface area contributed by atoms with Crippen LogP contribution >= 0.6 is 0 Å². The summed E-state index contributed by atoms with van der Waals surface area (Å²) in [5.74, 6) is -0.185. The van der Waals surface area contributed by atoms with Crippen molar-refractivity contribution in [2.45, 2.75) is 13.0 Å². The summed E-state index contributed by atoms with van der Waals surface area (Å²) in [5.41, 5.74) is 6.31. The summed E-state index contributed by atoms with van der Waals surface area (Å²) in [6.45, 7) is 1.72. The second kappa shape index (κ2) is 5.10. The van der Waals surface area contributed by atoms with Gasteiger partial charge in [0.05, 0.1) is 17.1 Å². The van der Waals surface area contributed by atoms with E-state index in [-0.39, 0.29) is 16.5 Å². The molecular weight excluding hydrogens is 269 g/mol. The third kappa shape index (κ3) is 2.21. The van der Waals surface area contributed by atoms with E-state index in [4.69, 9.17) is 5.73 Å². The van der Waals surface area contributed by atoms with Crippen LogP contribution in [-0.4, -0.2) is 9.55 Å². The van der Waals surface area contributed by atoms with Crippen molar-refractivity contribution >= 4 is 10.9 Å². The fourth-order valence-corrected chi connectivity index (χ4v) is 2.32. The van der Waals surface area contributed by atoms with Crippen molar-refractivity contribution in [3.8, 4) is 5.69 Å². The van der Waals surface area contributed by atoms with E-state index in [1.165, 1.54) is 16.7 Å². The van der Waals surface area contributed by atoms with Crippen molar-refractivity contribution in [1.29, 1.82) is 0 Å². The van der Waals surface area contributed by atoms with E-state index in [0.717, 1.165) is 0 Å². The van der Waals surface area contributed by atoms with Crippen molar-refractivity contribution in [1.82, 2.24) is 9.55 Å². The Morgan fingerprint density at radius 3 is 2.52 bits per heavy atom. The minimum Gasteiger partial charge on any atom is -0.322 e. The molecule has 0 aliphatic rings. The van der Waals surface area contributed by atoms with Gasteiger partial charge in [-0.3, -0.25) is 9.36 Å². The molecule has 4 nitrogen and oxygen atoms in total. The summed E-state index contributed by atoms with van der Waals surface area (Å²) in [6.07, 6.45) is 0. The van der Waals surface area contributed by atoms with Crippen LogP contribution < -0.4 is 11.3 Å². The molecule has 2 aromatic carbocycles. The van der Waals surface area contributed by atoms with Crippen LogP contribution in [0.25, 0.3) is 16.6 Å². The first-order chi connectivity index (χ1) is 10.1. The molecule has 1 atom stereocenters. The number of fused-ring (bicyclic) bond motifs is 1. The molecule has 1 heterocycles. The molecule has 0 spiro atoms. The highest BCUT2D eigenvalue weighted by atomic mass is 19.1. The maximum atomic E-state index is 13.9. The molecule has 0 fully saturated rings. The summed E-state index contributed by atoms with van der Waals surface area (Å²) < 4.78 is 15.3. The van der Waals surface area contributed by atoms with Crippen molar-refractivity contribution < 1.29 is 4.39 Å². The normalized spacial score (nSPS) is 12.5. The molecule has 21 heavy (non-hydrogen) atoms. The Bertz CT molecular complexity index is 857. The van der Waals surface area contributed by atoms with E-state index < -0.39 is 11.9 Å². The molecule has 0 saturated carbocycles. The van der Waals surface area contributed by atoms with Gasteiger partial charge in [0.25, 0.3) is 5.56 Å². The van der Waals surface area contributed by atoms with E-state index in [0.29, 0.717) is 11.5 Å². The highest BCUT2D eigenvalue weighted by Crippen LogP contribution is 2.18. The van der Waals surface area contributed by atoms with Crippen LogP contribution in [0.1, 0.15) is 18.8 Å². The van der Waals surface area contributed by atoms with Gasteiger partial charge in [-0.25, -0.2) is 9.37 Å². The van der Waals surface area contributed by atoms with Gasteiger partial charge in [-0.15, -0.1) is 0 Å². The average molecular weight is 283 g/mol. The van der Waals surface area contributed by atoms with Crippen LogP contribution in [0.5, 0.6) is 0 Å². The van der Waals surface area contributed by atoms with Crippen molar-refractivity contribution in [3.05, 3.63) is 70.5 Å². The van der Waals surface area contributed by atoms with Gasteiger partial charge in [-0.05, 0) is 31.2 Å². The summed E-state index contributed by atoms with van der Waals surface area (Å²) in [7, 11) is 0. The molecule has 3 rings (SSSR count). The lowest BCUT2D eigenvalue weighted by molar-refractivity contribution is 0.630. The summed E-state index contributed by atoms with van der Waals surface area (Å²) in [4.78, 5) is 17.0. The van der Waals surface area contributed by atoms with Gasteiger partial charge >= 0.3 is 0 Å². The molecule has 0 bridgehead atoms.